The molecule has 0 fully saturated rings. The van der Waals surface area contributed by atoms with E-state index in [1.807, 2.05) is 6.07 Å². The van der Waals surface area contributed by atoms with Crippen LogP contribution < -0.4 is 4.72 Å². The van der Waals surface area contributed by atoms with Gasteiger partial charge in [0.25, 0.3) is 0 Å². The van der Waals surface area contributed by atoms with Crippen molar-refractivity contribution in [3.63, 3.8) is 0 Å². The van der Waals surface area contributed by atoms with Crippen molar-refractivity contribution in [1.82, 2.24) is 4.72 Å². The van der Waals surface area contributed by atoms with Crippen LogP contribution in [0.3, 0.4) is 0 Å². The largest absolute Gasteiger partial charge is 0.241 e. The molecule has 0 atom stereocenters. The van der Waals surface area contributed by atoms with E-state index < -0.39 is 10.0 Å². The van der Waals surface area contributed by atoms with Crippen molar-refractivity contribution in [3.05, 3.63) is 65.0 Å². The van der Waals surface area contributed by atoms with E-state index in [9.17, 15) is 12.8 Å². The van der Waals surface area contributed by atoms with Crippen LogP contribution in [-0.2, 0) is 16.4 Å². The fourth-order valence-corrected chi connectivity index (χ4v) is 3.25. The maximum absolute atomic E-state index is 13.2. The molecule has 2 aromatic carbocycles. The second-order valence-electron chi connectivity index (χ2n) is 4.84. The minimum Gasteiger partial charge on any atom is -0.211 e. The second kappa shape index (κ2) is 6.69. The lowest BCUT2D eigenvalue weighted by molar-refractivity contribution is 0.581. The van der Waals surface area contributed by atoms with Gasteiger partial charge in [-0.25, -0.2) is 17.5 Å². The summed E-state index contributed by atoms with van der Waals surface area (Å²) in [5, 5.41) is 8.96. The fraction of sp³-hybridized carbons (Fsp3) is 0.188. The predicted octanol–water partition coefficient (Wildman–Crippen LogP) is 2.53. The Morgan fingerprint density at radius 3 is 2.64 bits per heavy atom. The van der Waals surface area contributed by atoms with Crippen molar-refractivity contribution in [3.8, 4) is 6.07 Å². The molecule has 114 valence electrons. The van der Waals surface area contributed by atoms with E-state index >= 15 is 0 Å². The molecule has 0 bridgehead atoms. The van der Waals surface area contributed by atoms with Crippen LogP contribution >= 0.6 is 0 Å². The number of rotatable bonds is 5. The van der Waals surface area contributed by atoms with Crippen LogP contribution in [0.15, 0.2) is 47.4 Å². The third kappa shape index (κ3) is 3.70. The standard InChI is InChI=1S/C16H15FN2O2S/c1-12-10-13(6-7-15(12)17)8-9-19-22(20,21)16-5-3-2-4-14(16)11-18/h2-7,10,19H,8-9H2,1H3. The van der Waals surface area contributed by atoms with Gasteiger partial charge >= 0.3 is 0 Å². The maximum atomic E-state index is 13.2. The molecule has 4 nitrogen and oxygen atoms in total. The van der Waals surface area contributed by atoms with E-state index in [1.54, 1.807) is 31.2 Å². The van der Waals surface area contributed by atoms with E-state index in [1.165, 1.54) is 18.2 Å². The Kier molecular flexibility index (Phi) is 4.91. The minimum atomic E-state index is -3.74. The Balaban J connectivity index is 2.07. The molecule has 0 spiro atoms. The molecule has 0 unspecified atom stereocenters. The Morgan fingerprint density at radius 1 is 1.23 bits per heavy atom. The summed E-state index contributed by atoms with van der Waals surface area (Å²) in [6.45, 7) is 1.83. The van der Waals surface area contributed by atoms with E-state index in [4.69, 9.17) is 5.26 Å². The molecule has 0 saturated carbocycles. The molecule has 0 saturated heterocycles. The zero-order valence-corrected chi connectivity index (χ0v) is 12.8. The summed E-state index contributed by atoms with van der Waals surface area (Å²) in [5.74, 6) is -0.285. The summed E-state index contributed by atoms with van der Waals surface area (Å²) in [5.41, 5.74) is 1.47. The minimum absolute atomic E-state index is 0.0345. The lowest BCUT2D eigenvalue weighted by Crippen LogP contribution is -2.26. The molecule has 0 aromatic heterocycles. The Hall–Kier alpha value is -2.23. The average molecular weight is 318 g/mol. The monoisotopic (exact) mass is 318 g/mol. The number of hydrogen-bond acceptors (Lipinski definition) is 3. The summed E-state index contributed by atoms with van der Waals surface area (Å²) in [7, 11) is -3.74. The van der Waals surface area contributed by atoms with Gasteiger partial charge in [0.15, 0.2) is 0 Å². The molecule has 2 rings (SSSR count). The second-order valence-corrected chi connectivity index (χ2v) is 6.57. The number of hydrogen-bond donors (Lipinski definition) is 1. The van der Waals surface area contributed by atoms with Crippen LogP contribution in [0.1, 0.15) is 16.7 Å². The summed E-state index contributed by atoms with van der Waals surface area (Å²) < 4.78 is 40.0. The highest BCUT2D eigenvalue weighted by Gasteiger charge is 2.17. The van der Waals surface area contributed by atoms with Gasteiger partial charge in [-0.2, -0.15) is 5.26 Å². The molecule has 22 heavy (non-hydrogen) atoms. The van der Waals surface area contributed by atoms with Gasteiger partial charge in [-0.1, -0.05) is 24.3 Å². The number of halogens is 1. The molecule has 0 amide bonds. The number of nitrogens with zero attached hydrogens (tertiary/aromatic N) is 1. The third-order valence-corrected chi connectivity index (χ3v) is 4.74. The van der Waals surface area contributed by atoms with E-state index in [0.29, 0.717) is 12.0 Å². The van der Waals surface area contributed by atoms with Gasteiger partial charge in [-0.05, 0) is 42.7 Å². The Labute approximate surface area is 129 Å². The molecule has 0 aliphatic carbocycles. The first-order valence-electron chi connectivity index (χ1n) is 6.68. The van der Waals surface area contributed by atoms with Crippen LogP contribution in [0, 0.1) is 24.1 Å². The first-order valence-corrected chi connectivity index (χ1v) is 8.16. The number of sulfonamides is 1. The van der Waals surface area contributed by atoms with Crippen LogP contribution in [0.4, 0.5) is 4.39 Å². The molecule has 0 heterocycles. The molecule has 1 N–H and O–H groups in total. The third-order valence-electron chi connectivity index (χ3n) is 3.23. The first-order chi connectivity index (χ1) is 10.4. The van der Waals surface area contributed by atoms with Gasteiger partial charge in [-0.3, -0.25) is 0 Å². The first kappa shape index (κ1) is 16.1. The highest BCUT2D eigenvalue weighted by Crippen LogP contribution is 2.14. The van der Waals surface area contributed by atoms with E-state index in [0.717, 1.165) is 5.56 Å². The van der Waals surface area contributed by atoms with Crippen LogP contribution in [0.2, 0.25) is 0 Å². The van der Waals surface area contributed by atoms with Crippen LogP contribution in [0.25, 0.3) is 0 Å². The molecular formula is C16H15FN2O2S. The van der Waals surface area contributed by atoms with Gasteiger partial charge < -0.3 is 0 Å². The van der Waals surface area contributed by atoms with Crippen LogP contribution in [0.5, 0.6) is 0 Å². The molecule has 2 aromatic rings. The summed E-state index contributed by atoms with van der Waals surface area (Å²) in [4.78, 5) is -0.0345. The lowest BCUT2D eigenvalue weighted by Gasteiger charge is -2.08. The van der Waals surface area contributed by atoms with Crippen molar-refractivity contribution >= 4 is 10.0 Å². The van der Waals surface area contributed by atoms with Crippen LogP contribution in [-0.4, -0.2) is 15.0 Å². The number of nitrogens with one attached hydrogen (secondary N) is 1. The van der Waals surface area contributed by atoms with Crippen molar-refractivity contribution in [2.45, 2.75) is 18.2 Å². The van der Waals surface area contributed by atoms with E-state index in [-0.39, 0.29) is 22.8 Å². The highest BCUT2D eigenvalue weighted by molar-refractivity contribution is 7.89. The summed E-state index contributed by atoms with van der Waals surface area (Å²) in [6, 6.07) is 12.6. The molecule has 0 radical (unpaired) electrons. The highest BCUT2D eigenvalue weighted by atomic mass is 32.2. The normalized spacial score (nSPS) is 11.1. The van der Waals surface area contributed by atoms with Crippen molar-refractivity contribution in [2.24, 2.45) is 0 Å². The van der Waals surface area contributed by atoms with Crippen molar-refractivity contribution in [2.75, 3.05) is 6.54 Å². The number of benzene rings is 2. The Bertz CT molecular complexity index is 826. The predicted molar refractivity (Wildman–Crippen MR) is 81.2 cm³/mol. The van der Waals surface area contributed by atoms with Crippen molar-refractivity contribution < 1.29 is 12.8 Å². The maximum Gasteiger partial charge on any atom is 0.241 e. The van der Waals surface area contributed by atoms with Gasteiger partial charge in [0.1, 0.15) is 11.9 Å². The summed E-state index contributed by atoms with van der Waals surface area (Å²) in [6.07, 6.45) is 0.440. The zero-order chi connectivity index (χ0) is 16.2. The molecular weight excluding hydrogens is 303 g/mol. The van der Waals surface area contributed by atoms with Crippen molar-refractivity contribution in [1.29, 1.82) is 5.26 Å². The SMILES string of the molecule is Cc1cc(CCNS(=O)(=O)c2ccccc2C#N)ccc1F. The van der Waals surface area contributed by atoms with Gasteiger partial charge in [0.2, 0.25) is 10.0 Å². The molecule has 6 heteroatoms. The smallest absolute Gasteiger partial charge is 0.211 e. The fourth-order valence-electron chi connectivity index (χ4n) is 2.06. The quantitative estimate of drug-likeness (QED) is 0.921. The molecule has 0 aliphatic rings. The lowest BCUT2D eigenvalue weighted by atomic mass is 10.1. The van der Waals surface area contributed by atoms with Gasteiger partial charge in [0.05, 0.1) is 10.5 Å². The average Bonchev–Trinajstić information content (AvgIpc) is 2.50. The number of nitriles is 1. The van der Waals surface area contributed by atoms with Gasteiger partial charge in [0, 0.05) is 6.54 Å². The molecule has 0 aliphatic heterocycles. The van der Waals surface area contributed by atoms with E-state index in [2.05, 4.69) is 4.72 Å². The zero-order valence-electron chi connectivity index (χ0n) is 12.0. The van der Waals surface area contributed by atoms with Gasteiger partial charge in [-0.15, -0.1) is 0 Å². The Morgan fingerprint density at radius 2 is 1.95 bits per heavy atom. The number of aryl methyl sites for hydroxylation is 1. The summed E-state index contributed by atoms with van der Waals surface area (Å²) >= 11 is 0. The topological polar surface area (TPSA) is 70.0 Å².